The van der Waals surface area contributed by atoms with Crippen LogP contribution >= 0.6 is 11.6 Å². The Morgan fingerprint density at radius 3 is 2.51 bits per heavy atom. The number of carbonyl (C=O) groups is 3. The van der Waals surface area contributed by atoms with Crippen molar-refractivity contribution in [1.82, 2.24) is 15.1 Å². The molecule has 3 amide bonds. The van der Waals surface area contributed by atoms with Crippen LogP contribution in [0, 0.1) is 0 Å². The summed E-state index contributed by atoms with van der Waals surface area (Å²) in [6.45, 7) is 3.10. The first kappa shape index (κ1) is 23.7. The van der Waals surface area contributed by atoms with Crippen molar-refractivity contribution in [3.05, 3.63) is 88.4 Å². The van der Waals surface area contributed by atoms with Gasteiger partial charge >= 0.3 is 0 Å². The van der Waals surface area contributed by atoms with E-state index in [0.717, 1.165) is 41.5 Å². The highest BCUT2D eigenvalue weighted by atomic mass is 35.5. The number of nitrogens with zero attached hydrogens (tertiary/aromatic N) is 2. The van der Waals surface area contributed by atoms with E-state index in [9.17, 15) is 14.4 Å². The quantitative estimate of drug-likeness (QED) is 0.485. The van der Waals surface area contributed by atoms with Gasteiger partial charge in [0.2, 0.25) is 11.8 Å². The fraction of sp³-hybridized carbons (Fsp3) is 0.276. The molecule has 0 radical (unpaired) electrons. The normalized spacial score (nSPS) is 20.0. The molecule has 37 heavy (non-hydrogen) atoms. The van der Waals surface area contributed by atoms with Crippen LogP contribution in [0.2, 0.25) is 5.02 Å². The van der Waals surface area contributed by atoms with Crippen LogP contribution in [0.15, 0.2) is 66.7 Å². The van der Waals surface area contributed by atoms with Crippen LogP contribution in [0.4, 0.5) is 5.69 Å². The molecule has 0 aromatic heterocycles. The topological polar surface area (TPSA) is 81.8 Å². The first-order valence-corrected chi connectivity index (χ1v) is 12.9. The maximum absolute atomic E-state index is 12.9. The predicted octanol–water partition coefficient (Wildman–Crippen LogP) is 4.06. The molecule has 2 saturated heterocycles. The number of halogens is 1. The second-order valence-corrected chi connectivity index (χ2v) is 10.4. The third-order valence-corrected chi connectivity index (χ3v) is 7.67. The highest BCUT2D eigenvalue weighted by Gasteiger charge is 2.39. The fourth-order valence-corrected chi connectivity index (χ4v) is 5.63. The summed E-state index contributed by atoms with van der Waals surface area (Å²) in [5.41, 5.74) is 6.18. The molecule has 3 aromatic carbocycles. The molecule has 8 heteroatoms. The van der Waals surface area contributed by atoms with Gasteiger partial charge in [0.05, 0.1) is 6.04 Å². The molecule has 0 bridgehead atoms. The first-order chi connectivity index (χ1) is 17.9. The van der Waals surface area contributed by atoms with Crippen LogP contribution in [0.3, 0.4) is 0 Å². The zero-order valence-corrected chi connectivity index (χ0v) is 21.0. The molecule has 0 spiro atoms. The lowest BCUT2D eigenvalue weighted by molar-refractivity contribution is -0.136. The largest absolute Gasteiger partial charge is 0.380 e. The van der Waals surface area contributed by atoms with Crippen LogP contribution in [0.1, 0.15) is 34.3 Å². The number of hydrogen-bond donors (Lipinski definition) is 2. The van der Waals surface area contributed by atoms with Gasteiger partial charge in [0, 0.05) is 48.9 Å². The van der Waals surface area contributed by atoms with Crippen molar-refractivity contribution in [3.63, 3.8) is 0 Å². The van der Waals surface area contributed by atoms with Crippen molar-refractivity contribution >= 4 is 35.0 Å². The van der Waals surface area contributed by atoms with Crippen LogP contribution < -0.4 is 10.6 Å². The van der Waals surface area contributed by atoms with E-state index < -0.39 is 6.04 Å². The lowest BCUT2D eigenvalue weighted by Crippen LogP contribution is -2.54. The summed E-state index contributed by atoms with van der Waals surface area (Å²) in [4.78, 5) is 40.7. The Morgan fingerprint density at radius 2 is 1.73 bits per heavy atom. The number of rotatable bonds is 6. The van der Waals surface area contributed by atoms with Crippen LogP contribution in [0.25, 0.3) is 11.1 Å². The number of piperidine rings is 1. The SMILES string of the molecule is O=C1CCC(N2Cc3cc(NC4CN(Cc5ccccc5-c5ccc(Cl)cc5)C4)ccc3C2=O)C(=O)N1. The second kappa shape index (κ2) is 9.65. The molecule has 3 heterocycles. The van der Waals surface area contributed by atoms with Gasteiger partial charge in [0.15, 0.2) is 0 Å². The molecule has 1 unspecified atom stereocenters. The minimum atomic E-state index is -0.593. The van der Waals surface area contributed by atoms with Gasteiger partial charge in [-0.05, 0) is 59.0 Å². The zero-order valence-electron chi connectivity index (χ0n) is 20.2. The minimum absolute atomic E-state index is 0.148. The Kier molecular flexibility index (Phi) is 6.18. The summed E-state index contributed by atoms with van der Waals surface area (Å²) in [6, 6.07) is 21.9. The average molecular weight is 515 g/mol. The van der Waals surface area contributed by atoms with Crippen molar-refractivity contribution in [3.8, 4) is 11.1 Å². The van der Waals surface area contributed by atoms with E-state index in [1.807, 2.05) is 30.3 Å². The molecule has 0 saturated carbocycles. The number of nitrogens with one attached hydrogen (secondary N) is 2. The zero-order chi connectivity index (χ0) is 25.5. The number of benzene rings is 3. The number of likely N-dealkylation sites (tertiary alicyclic amines) is 1. The molecule has 6 rings (SSSR count). The van der Waals surface area contributed by atoms with Gasteiger partial charge in [0.1, 0.15) is 6.04 Å². The molecular formula is C29H27ClN4O3. The van der Waals surface area contributed by atoms with Gasteiger partial charge in [-0.25, -0.2) is 0 Å². The van der Waals surface area contributed by atoms with Gasteiger partial charge in [-0.15, -0.1) is 0 Å². The van der Waals surface area contributed by atoms with Crippen molar-refractivity contribution in [2.45, 2.75) is 38.0 Å². The molecular weight excluding hydrogens is 488 g/mol. The van der Waals surface area contributed by atoms with Gasteiger partial charge in [-0.1, -0.05) is 48.0 Å². The molecule has 2 fully saturated rings. The Labute approximate surface area is 220 Å². The number of amides is 3. The van der Waals surface area contributed by atoms with Gasteiger partial charge in [-0.3, -0.25) is 24.6 Å². The molecule has 3 aliphatic rings. The fourth-order valence-electron chi connectivity index (χ4n) is 5.50. The van der Waals surface area contributed by atoms with Crippen molar-refractivity contribution in [1.29, 1.82) is 0 Å². The number of anilines is 1. The van der Waals surface area contributed by atoms with E-state index >= 15 is 0 Å². The van der Waals surface area contributed by atoms with E-state index in [1.54, 1.807) is 4.90 Å². The summed E-state index contributed by atoms with van der Waals surface area (Å²) >= 11 is 6.07. The first-order valence-electron chi connectivity index (χ1n) is 12.5. The molecule has 1 atom stereocenters. The third kappa shape index (κ3) is 4.72. The second-order valence-electron chi connectivity index (χ2n) is 9.97. The Balaban J connectivity index is 1.07. The molecule has 0 aliphatic carbocycles. The maximum Gasteiger partial charge on any atom is 0.255 e. The lowest BCUT2D eigenvalue weighted by atomic mass is 9.98. The predicted molar refractivity (Wildman–Crippen MR) is 142 cm³/mol. The van der Waals surface area contributed by atoms with Gasteiger partial charge in [-0.2, -0.15) is 0 Å². The summed E-state index contributed by atoms with van der Waals surface area (Å²) in [7, 11) is 0. The molecule has 2 N–H and O–H groups in total. The Morgan fingerprint density at radius 1 is 0.946 bits per heavy atom. The lowest BCUT2D eigenvalue weighted by Gasteiger charge is -2.40. The highest BCUT2D eigenvalue weighted by Crippen LogP contribution is 2.31. The Hall–Kier alpha value is -3.68. The Bertz CT molecular complexity index is 1380. The molecule has 3 aromatic rings. The monoisotopic (exact) mass is 514 g/mol. The van der Waals surface area contributed by atoms with Gasteiger partial charge in [0.25, 0.3) is 5.91 Å². The molecule has 7 nitrogen and oxygen atoms in total. The standard InChI is InChI=1S/C29H27ClN4O3/c30-21-7-5-18(6-8-21)24-4-2-1-3-19(24)14-33-16-23(17-33)31-22-9-10-25-20(13-22)15-34(29(25)37)26-11-12-27(35)32-28(26)36/h1-10,13,23,26,31H,11-12,14-17H2,(H,32,35,36). The van der Waals surface area contributed by atoms with Crippen molar-refractivity contribution < 1.29 is 14.4 Å². The van der Waals surface area contributed by atoms with Crippen LogP contribution in [0.5, 0.6) is 0 Å². The van der Waals surface area contributed by atoms with E-state index in [0.29, 0.717) is 24.6 Å². The number of carbonyl (C=O) groups excluding carboxylic acids is 3. The number of fused-ring (bicyclic) bond motifs is 1. The van der Waals surface area contributed by atoms with Crippen molar-refractivity contribution in [2.24, 2.45) is 0 Å². The summed E-state index contributed by atoms with van der Waals surface area (Å²) in [5.74, 6) is -0.812. The number of imide groups is 1. The van der Waals surface area contributed by atoms with Crippen LogP contribution in [-0.2, 0) is 22.7 Å². The third-order valence-electron chi connectivity index (χ3n) is 7.42. The highest BCUT2D eigenvalue weighted by molar-refractivity contribution is 6.30. The minimum Gasteiger partial charge on any atom is -0.380 e. The maximum atomic E-state index is 12.9. The van der Waals surface area contributed by atoms with Crippen molar-refractivity contribution in [2.75, 3.05) is 18.4 Å². The summed E-state index contributed by atoms with van der Waals surface area (Å²) in [6.07, 6.45) is 0.625. The summed E-state index contributed by atoms with van der Waals surface area (Å²) < 4.78 is 0. The average Bonchev–Trinajstić information content (AvgIpc) is 3.19. The molecule has 3 aliphatic heterocycles. The molecule has 188 valence electrons. The smallest absolute Gasteiger partial charge is 0.255 e. The number of hydrogen-bond acceptors (Lipinski definition) is 5. The van der Waals surface area contributed by atoms with E-state index in [-0.39, 0.29) is 24.1 Å². The van der Waals surface area contributed by atoms with Gasteiger partial charge < -0.3 is 10.2 Å². The van der Waals surface area contributed by atoms with E-state index in [4.69, 9.17) is 11.6 Å². The van der Waals surface area contributed by atoms with E-state index in [1.165, 1.54) is 11.1 Å². The summed E-state index contributed by atoms with van der Waals surface area (Å²) in [5, 5.41) is 6.67. The van der Waals surface area contributed by atoms with E-state index in [2.05, 4.69) is 51.9 Å². The van der Waals surface area contributed by atoms with Crippen LogP contribution in [-0.4, -0.2) is 52.7 Å².